The third kappa shape index (κ3) is 13.1. The SMILES string of the molecule is COC(=O)c1cnn(-c2ccccc2)c1N.COC(=O)c1cnn(-c2ccccc2)c1N=Nc1c(C)nn(-c2nc(OC)nc(-n3nc(C)c(N=Nc4c(C(=O)CO)cnn4-c4ccccc4)c3N)n2)c1N.COc1nc(-n2nc(C)cc2N)nc(-n2nc(C)cc2N)n1. The van der Waals surface area contributed by atoms with Crippen molar-refractivity contribution in [2.45, 2.75) is 27.7 Å². The molecule has 478 valence electrons. The summed E-state index contributed by atoms with van der Waals surface area (Å²) in [6.07, 6.45) is 4.03. The van der Waals surface area contributed by atoms with E-state index in [1.54, 1.807) is 62.4 Å². The van der Waals surface area contributed by atoms with Gasteiger partial charge in [-0.1, -0.05) is 54.6 Å². The number of aliphatic hydroxyl groups is 1. The van der Waals surface area contributed by atoms with E-state index in [0.717, 1.165) is 17.1 Å². The van der Waals surface area contributed by atoms with E-state index >= 15 is 0 Å². The quantitative estimate of drug-likeness (QED) is 0.0374. The van der Waals surface area contributed by atoms with Gasteiger partial charge >= 0.3 is 24.0 Å². The summed E-state index contributed by atoms with van der Waals surface area (Å²) in [7, 11) is 5.37. The molecule has 0 bridgehead atoms. The maximum atomic E-state index is 12.6. The number of nitrogens with zero attached hydrogens (tertiary/aromatic N) is 24. The van der Waals surface area contributed by atoms with E-state index in [2.05, 4.69) is 90.8 Å². The van der Waals surface area contributed by atoms with Crippen LogP contribution in [-0.4, -0.2) is 156 Å². The minimum absolute atomic E-state index is 0.0155. The van der Waals surface area contributed by atoms with Crippen molar-refractivity contribution in [3.05, 3.63) is 161 Å². The highest BCUT2D eigenvalue weighted by molar-refractivity contribution is 6.00. The van der Waals surface area contributed by atoms with Crippen LogP contribution in [0.2, 0.25) is 0 Å². The van der Waals surface area contributed by atoms with Gasteiger partial charge in [0.25, 0.3) is 23.8 Å². The zero-order chi connectivity index (χ0) is 66.9. The van der Waals surface area contributed by atoms with Crippen molar-refractivity contribution < 1.29 is 38.4 Å². The van der Waals surface area contributed by atoms with Crippen molar-refractivity contribution in [1.29, 1.82) is 0 Å². The average Bonchev–Trinajstić information content (AvgIpc) is 1.62. The molecule has 12 rings (SSSR count). The van der Waals surface area contributed by atoms with Crippen molar-refractivity contribution in [1.82, 2.24) is 98.4 Å². The monoisotopic (exact) mass is 1280 g/mol. The Morgan fingerprint density at radius 2 is 0.798 bits per heavy atom. The van der Waals surface area contributed by atoms with E-state index in [1.165, 1.54) is 79.8 Å². The summed E-state index contributed by atoms with van der Waals surface area (Å²) < 4.78 is 29.5. The van der Waals surface area contributed by atoms with Crippen LogP contribution in [0.3, 0.4) is 0 Å². The molecule has 9 heterocycles. The molecule has 9 aromatic heterocycles. The number of aromatic nitrogens is 20. The van der Waals surface area contributed by atoms with Crippen molar-refractivity contribution in [2.24, 2.45) is 20.5 Å². The van der Waals surface area contributed by atoms with E-state index in [1.807, 2.05) is 68.4 Å². The molecular formula is C57H57N29O8. The Morgan fingerprint density at radius 1 is 0.436 bits per heavy atom. The Hall–Kier alpha value is -13.5. The second-order valence-electron chi connectivity index (χ2n) is 19.5. The van der Waals surface area contributed by atoms with E-state index in [4.69, 9.17) is 42.9 Å². The molecule has 0 spiro atoms. The van der Waals surface area contributed by atoms with Crippen LogP contribution < -0.4 is 38.1 Å². The van der Waals surface area contributed by atoms with Gasteiger partial charge in [-0.05, 0) is 64.1 Å². The highest BCUT2D eigenvalue weighted by Crippen LogP contribution is 2.35. The second-order valence-corrected chi connectivity index (χ2v) is 19.5. The van der Waals surface area contributed by atoms with Crippen molar-refractivity contribution in [2.75, 3.05) is 63.7 Å². The van der Waals surface area contributed by atoms with Crippen LogP contribution in [0.1, 0.15) is 53.8 Å². The first-order valence-corrected chi connectivity index (χ1v) is 27.6. The molecule has 0 radical (unpaired) electrons. The number of aryl methyl sites for hydroxylation is 4. The van der Waals surface area contributed by atoms with Gasteiger partial charge < -0.3 is 52.7 Å². The maximum Gasteiger partial charge on any atom is 0.343 e. The topological polar surface area (TPSA) is 490 Å². The number of rotatable bonds is 17. The Kier molecular flexibility index (Phi) is 18.6. The fourth-order valence-electron chi connectivity index (χ4n) is 8.74. The summed E-state index contributed by atoms with van der Waals surface area (Å²) in [5.74, 6) is -0.289. The molecule has 0 saturated heterocycles. The van der Waals surface area contributed by atoms with Crippen LogP contribution in [0.25, 0.3) is 40.9 Å². The van der Waals surface area contributed by atoms with Crippen molar-refractivity contribution in [3.63, 3.8) is 0 Å². The van der Waals surface area contributed by atoms with Gasteiger partial charge in [-0.3, -0.25) is 4.79 Å². The highest BCUT2D eigenvalue weighted by Gasteiger charge is 2.26. The summed E-state index contributed by atoms with van der Waals surface area (Å²) in [5, 5.41) is 56.9. The average molecular weight is 1280 g/mol. The van der Waals surface area contributed by atoms with Crippen molar-refractivity contribution in [3.8, 4) is 52.9 Å². The molecule has 37 heteroatoms. The number of nitrogens with two attached hydrogens (primary N) is 5. The molecule has 3 aromatic carbocycles. The fourth-order valence-corrected chi connectivity index (χ4v) is 8.74. The Labute approximate surface area is 530 Å². The number of ether oxygens (including phenoxy) is 4. The van der Waals surface area contributed by atoms with Crippen LogP contribution >= 0.6 is 0 Å². The first-order chi connectivity index (χ1) is 45.3. The molecule has 94 heavy (non-hydrogen) atoms. The molecule has 0 aliphatic carbocycles. The van der Waals surface area contributed by atoms with E-state index in [-0.39, 0.29) is 93.0 Å². The summed E-state index contributed by atoms with van der Waals surface area (Å²) >= 11 is 0. The number of methoxy groups -OCH3 is 4. The van der Waals surface area contributed by atoms with Gasteiger partial charge in [0, 0.05) is 12.1 Å². The number of carbonyl (C=O) groups excluding carboxylic acids is 3. The lowest BCUT2D eigenvalue weighted by Gasteiger charge is -2.08. The predicted molar refractivity (Wildman–Crippen MR) is 335 cm³/mol. The lowest BCUT2D eigenvalue weighted by atomic mass is 10.2. The number of carbonyl (C=O) groups is 3. The summed E-state index contributed by atoms with van der Waals surface area (Å²) in [5.41, 5.74) is 35.5. The molecule has 0 atom stereocenters. The number of para-hydroxylation sites is 3. The summed E-state index contributed by atoms with van der Waals surface area (Å²) in [6, 6.07) is 30.7. The summed E-state index contributed by atoms with van der Waals surface area (Å²) in [6.45, 7) is 6.16. The number of esters is 2. The number of benzene rings is 3. The summed E-state index contributed by atoms with van der Waals surface area (Å²) in [4.78, 5) is 62.2. The van der Waals surface area contributed by atoms with Gasteiger partial charge in [0.15, 0.2) is 40.4 Å². The Bertz CT molecular complexity index is 4550. The molecule has 0 fully saturated rings. The zero-order valence-corrected chi connectivity index (χ0v) is 51.2. The smallest absolute Gasteiger partial charge is 0.343 e. The maximum absolute atomic E-state index is 12.6. The molecule has 37 nitrogen and oxygen atoms in total. The van der Waals surface area contributed by atoms with Gasteiger partial charge in [-0.25, -0.2) is 23.6 Å². The van der Waals surface area contributed by atoms with Crippen LogP contribution in [0.15, 0.2) is 142 Å². The third-order valence-corrected chi connectivity index (χ3v) is 13.2. The number of hydrogen-bond acceptors (Lipinski definition) is 30. The number of Topliss-reactive ketones (excluding diaryl/α,β-unsaturated/α-hetero) is 1. The number of aliphatic hydroxyl groups excluding tert-OH is 1. The van der Waals surface area contributed by atoms with Crippen LogP contribution in [-0.2, 0) is 9.47 Å². The molecule has 0 aliphatic heterocycles. The van der Waals surface area contributed by atoms with Gasteiger partial charge in [0.1, 0.15) is 35.2 Å². The second kappa shape index (κ2) is 27.5. The third-order valence-electron chi connectivity index (χ3n) is 13.2. The number of nitrogen functional groups attached to an aromatic ring is 5. The van der Waals surface area contributed by atoms with Gasteiger partial charge in [-0.15, -0.1) is 20.5 Å². The number of anilines is 5. The van der Waals surface area contributed by atoms with E-state index < -0.39 is 24.3 Å². The number of ketones is 1. The normalized spacial score (nSPS) is 11.1. The van der Waals surface area contributed by atoms with Crippen molar-refractivity contribution >= 4 is 69.8 Å². The van der Waals surface area contributed by atoms with Crippen LogP contribution in [0.4, 0.5) is 52.1 Å². The van der Waals surface area contributed by atoms with Crippen LogP contribution in [0, 0.1) is 27.7 Å². The highest BCUT2D eigenvalue weighted by atomic mass is 16.5. The lowest BCUT2D eigenvalue weighted by molar-refractivity contribution is 0.0592. The Balaban J connectivity index is 0.000000204. The number of hydrogen-bond donors (Lipinski definition) is 6. The Morgan fingerprint density at radius 3 is 1.18 bits per heavy atom. The standard InChI is InChI=1S/C34H31N17O5.C12H15N9O.C11H11N3O2/c1-18-25(42-44-29-22(24(53)17-52)15-37-48(29)20-11-7-5-8-12-20)27(35)50(46-18)32-39-33(41-34(40-32)56-4)51-28(36)26(19(2)47-51)43-45-30-23(31(54)55-3)16-38-49(30)21-13-9-6-10-14-21;1-6-4-8(13)20(18-6)10-15-11(17-12(16-10)22-3)21-9(14)5-7(2)19-21;1-16-11(15)9-7-13-14(10(9)12)8-5-3-2-4-6-8/h5-16,52H,17,35-36H2,1-4H3;4-5H,13-14H2,1-3H3;2-7H,12H2,1H3. The zero-order valence-electron chi connectivity index (χ0n) is 51.2. The molecule has 0 unspecified atom stereocenters. The molecule has 0 aliphatic rings. The molecule has 12 aromatic rings. The van der Waals surface area contributed by atoms with Gasteiger partial charge in [0.2, 0.25) is 0 Å². The fraction of sp³-hybridized carbons (Fsp3) is 0.158. The van der Waals surface area contributed by atoms with E-state index in [9.17, 15) is 19.5 Å². The first-order valence-electron chi connectivity index (χ1n) is 27.6. The molecule has 11 N–H and O–H groups in total. The lowest BCUT2D eigenvalue weighted by Crippen LogP contribution is -2.14. The number of azo groups is 2. The molecule has 0 saturated carbocycles. The van der Waals surface area contributed by atoms with Crippen LogP contribution in [0.5, 0.6) is 12.0 Å². The first kappa shape index (κ1) is 63.5. The minimum atomic E-state index is -0.757. The van der Waals surface area contributed by atoms with E-state index in [0.29, 0.717) is 34.4 Å². The minimum Gasteiger partial charge on any atom is -0.467 e. The molecule has 0 amide bonds. The largest absolute Gasteiger partial charge is 0.467 e. The molecular weight excluding hydrogens is 1220 g/mol. The predicted octanol–water partition coefficient (Wildman–Crippen LogP) is 5.47. The van der Waals surface area contributed by atoms with Gasteiger partial charge in [0.05, 0.1) is 92.4 Å². The van der Waals surface area contributed by atoms with Gasteiger partial charge in [-0.2, -0.15) is 84.3 Å².